The molecule has 1 fully saturated rings. The Labute approximate surface area is 128 Å². The van der Waals surface area contributed by atoms with Crippen molar-refractivity contribution < 1.29 is 14.4 Å². The van der Waals surface area contributed by atoms with Crippen molar-refractivity contribution >= 4 is 5.97 Å². The molecule has 1 aliphatic heterocycles. The first-order valence-electron chi connectivity index (χ1n) is 8.01. The molecule has 0 aliphatic carbocycles. The SMILES string of the molecule is C[C@H](C[NH+]1CCCC1)OC(=O)c1ccc(C(C)(C)C)cc1. The van der Waals surface area contributed by atoms with Crippen molar-refractivity contribution in [2.45, 2.75) is 52.1 Å². The summed E-state index contributed by atoms with van der Waals surface area (Å²) in [7, 11) is 0. The predicted molar refractivity (Wildman–Crippen MR) is 84.8 cm³/mol. The van der Waals surface area contributed by atoms with E-state index in [1.54, 1.807) is 4.90 Å². The molecule has 0 bridgehead atoms. The molecule has 116 valence electrons. The molecular formula is C18H28NO2+. The highest BCUT2D eigenvalue weighted by atomic mass is 16.5. The Hall–Kier alpha value is -1.35. The second-order valence-corrected chi connectivity index (χ2v) is 7.20. The molecule has 3 nitrogen and oxygen atoms in total. The Bertz CT molecular complexity index is 467. The van der Waals surface area contributed by atoms with Crippen LogP contribution in [0.2, 0.25) is 0 Å². The third-order valence-corrected chi connectivity index (χ3v) is 4.18. The summed E-state index contributed by atoms with van der Waals surface area (Å²) in [6.07, 6.45) is 2.57. The van der Waals surface area contributed by atoms with Crippen molar-refractivity contribution in [3.05, 3.63) is 35.4 Å². The average molecular weight is 290 g/mol. The predicted octanol–water partition coefficient (Wildman–Crippen LogP) is 2.21. The topological polar surface area (TPSA) is 30.7 Å². The number of likely N-dealkylation sites (tertiary alicyclic amines) is 1. The van der Waals surface area contributed by atoms with E-state index < -0.39 is 0 Å². The van der Waals surface area contributed by atoms with Crippen molar-refractivity contribution in [2.75, 3.05) is 19.6 Å². The van der Waals surface area contributed by atoms with E-state index >= 15 is 0 Å². The quantitative estimate of drug-likeness (QED) is 0.862. The van der Waals surface area contributed by atoms with Crippen molar-refractivity contribution in [3.8, 4) is 0 Å². The Kier molecular flexibility index (Phi) is 5.04. The van der Waals surface area contributed by atoms with Crippen molar-refractivity contribution in [1.82, 2.24) is 0 Å². The summed E-state index contributed by atoms with van der Waals surface area (Å²) in [4.78, 5) is 13.7. The summed E-state index contributed by atoms with van der Waals surface area (Å²) >= 11 is 0. The van der Waals surface area contributed by atoms with Gasteiger partial charge in [-0.25, -0.2) is 4.79 Å². The first-order valence-corrected chi connectivity index (χ1v) is 8.01. The van der Waals surface area contributed by atoms with Gasteiger partial charge in [-0.1, -0.05) is 32.9 Å². The van der Waals surface area contributed by atoms with Crippen LogP contribution < -0.4 is 4.90 Å². The maximum Gasteiger partial charge on any atom is 0.338 e. The molecule has 21 heavy (non-hydrogen) atoms. The molecule has 0 aromatic heterocycles. The van der Waals surface area contributed by atoms with Gasteiger partial charge in [0.2, 0.25) is 0 Å². The zero-order valence-corrected chi connectivity index (χ0v) is 13.7. The van der Waals surface area contributed by atoms with E-state index in [2.05, 4.69) is 20.8 Å². The minimum absolute atomic E-state index is 0.0205. The molecule has 1 aliphatic rings. The van der Waals surface area contributed by atoms with Gasteiger partial charge in [0.25, 0.3) is 0 Å². The molecule has 0 saturated carbocycles. The number of quaternary nitrogens is 1. The molecule has 0 amide bonds. The van der Waals surface area contributed by atoms with Crippen LogP contribution in [0.4, 0.5) is 0 Å². The van der Waals surface area contributed by atoms with Crippen LogP contribution in [0, 0.1) is 0 Å². The Morgan fingerprint density at radius 3 is 2.29 bits per heavy atom. The molecule has 1 N–H and O–H groups in total. The molecule has 3 heteroatoms. The lowest BCUT2D eigenvalue weighted by Crippen LogP contribution is -3.11. The van der Waals surface area contributed by atoms with Crippen LogP contribution >= 0.6 is 0 Å². The fourth-order valence-electron chi connectivity index (χ4n) is 2.88. The van der Waals surface area contributed by atoms with Crippen LogP contribution in [0.1, 0.15) is 56.5 Å². The van der Waals surface area contributed by atoms with Crippen molar-refractivity contribution in [2.24, 2.45) is 0 Å². The van der Waals surface area contributed by atoms with Gasteiger partial charge < -0.3 is 9.64 Å². The number of nitrogens with one attached hydrogen (secondary N) is 1. The van der Waals surface area contributed by atoms with E-state index in [4.69, 9.17) is 4.74 Å². The van der Waals surface area contributed by atoms with E-state index in [0.29, 0.717) is 5.56 Å². The number of esters is 1. The molecule has 1 aromatic carbocycles. The van der Waals surface area contributed by atoms with Crippen LogP contribution in [0.25, 0.3) is 0 Å². The van der Waals surface area contributed by atoms with E-state index in [-0.39, 0.29) is 17.5 Å². The van der Waals surface area contributed by atoms with Crippen LogP contribution in [0.5, 0.6) is 0 Å². The largest absolute Gasteiger partial charge is 0.453 e. The molecule has 0 spiro atoms. The number of hydrogen-bond donors (Lipinski definition) is 1. The number of rotatable bonds is 4. The first-order chi connectivity index (χ1) is 9.86. The highest BCUT2D eigenvalue weighted by molar-refractivity contribution is 5.89. The van der Waals surface area contributed by atoms with Crippen LogP contribution in [0.15, 0.2) is 24.3 Å². The van der Waals surface area contributed by atoms with Crippen molar-refractivity contribution in [3.63, 3.8) is 0 Å². The second-order valence-electron chi connectivity index (χ2n) is 7.20. The monoisotopic (exact) mass is 290 g/mol. The van der Waals surface area contributed by atoms with Crippen LogP contribution in [-0.4, -0.2) is 31.7 Å². The molecule has 1 aromatic rings. The highest BCUT2D eigenvalue weighted by Gasteiger charge is 2.21. The van der Waals surface area contributed by atoms with Gasteiger partial charge in [0, 0.05) is 12.8 Å². The minimum Gasteiger partial charge on any atom is -0.453 e. The van der Waals surface area contributed by atoms with Crippen LogP contribution in [0.3, 0.4) is 0 Å². The van der Waals surface area contributed by atoms with Gasteiger partial charge in [-0.05, 0) is 30.0 Å². The lowest BCUT2D eigenvalue weighted by atomic mass is 9.87. The summed E-state index contributed by atoms with van der Waals surface area (Å²) in [5.74, 6) is -0.207. The van der Waals surface area contributed by atoms with Gasteiger partial charge in [-0.15, -0.1) is 0 Å². The number of hydrogen-bond acceptors (Lipinski definition) is 2. The first kappa shape index (κ1) is 16.0. The number of carbonyl (C=O) groups excluding carboxylic acids is 1. The fraction of sp³-hybridized carbons (Fsp3) is 0.611. The van der Waals surface area contributed by atoms with E-state index in [0.717, 1.165) is 6.54 Å². The molecule has 0 unspecified atom stereocenters. The molecule has 0 radical (unpaired) electrons. The molecule has 1 heterocycles. The van der Waals surface area contributed by atoms with E-state index in [1.807, 2.05) is 31.2 Å². The van der Waals surface area contributed by atoms with Gasteiger partial charge in [0.1, 0.15) is 12.6 Å². The van der Waals surface area contributed by atoms with Gasteiger partial charge in [-0.3, -0.25) is 0 Å². The third kappa shape index (κ3) is 4.57. The zero-order chi connectivity index (χ0) is 15.5. The second kappa shape index (κ2) is 6.61. The van der Waals surface area contributed by atoms with Gasteiger partial charge in [-0.2, -0.15) is 0 Å². The molecule has 2 rings (SSSR count). The van der Waals surface area contributed by atoms with E-state index in [1.165, 1.54) is 31.5 Å². The van der Waals surface area contributed by atoms with Gasteiger partial charge in [0.15, 0.2) is 0 Å². The number of carbonyl (C=O) groups is 1. The minimum atomic E-state index is -0.207. The maximum atomic E-state index is 12.2. The zero-order valence-electron chi connectivity index (χ0n) is 13.7. The molecule has 1 saturated heterocycles. The Balaban J connectivity index is 1.90. The standard InChI is InChI=1S/C18H27NO2/c1-14(13-19-11-5-6-12-19)21-17(20)15-7-9-16(10-8-15)18(2,3)4/h7-10,14H,5-6,11-13H2,1-4H3/p+1/t14-/m1/s1. The van der Waals surface area contributed by atoms with Gasteiger partial charge in [0.05, 0.1) is 18.7 Å². The average Bonchev–Trinajstić information content (AvgIpc) is 2.90. The Morgan fingerprint density at radius 1 is 1.19 bits per heavy atom. The lowest BCUT2D eigenvalue weighted by Gasteiger charge is -2.20. The normalized spacial score (nSPS) is 17.7. The fourth-order valence-corrected chi connectivity index (χ4v) is 2.88. The summed E-state index contributed by atoms with van der Waals surface area (Å²) < 4.78 is 5.56. The Morgan fingerprint density at radius 2 is 1.76 bits per heavy atom. The van der Waals surface area contributed by atoms with Gasteiger partial charge >= 0.3 is 5.97 Å². The summed E-state index contributed by atoms with van der Waals surface area (Å²) in [6, 6.07) is 7.79. The van der Waals surface area contributed by atoms with E-state index in [9.17, 15) is 4.79 Å². The highest BCUT2D eigenvalue weighted by Crippen LogP contribution is 2.22. The summed E-state index contributed by atoms with van der Waals surface area (Å²) in [6.45, 7) is 11.8. The maximum absolute atomic E-state index is 12.2. The smallest absolute Gasteiger partial charge is 0.338 e. The third-order valence-electron chi connectivity index (χ3n) is 4.18. The number of benzene rings is 1. The van der Waals surface area contributed by atoms with Crippen LogP contribution in [-0.2, 0) is 10.2 Å². The lowest BCUT2D eigenvalue weighted by molar-refractivity contribution is -0.890. The summed E-state index contributed by atoms with van der Waals surface area (Å²) in [5.41, 5.74) is 1.98. The number of ether oxygens (including phenoxy) is 1. The molecule has 1 atom stereocenters. The molecular weight excluding hydrogens is 262 g/mol. The summed E-state index contributed by atoms with van der Waals surface area (Å²) in [5, 5.41) is 0. The van der Waals surface area contributed by atoms with Crippen molar-refractivity contribution in [1.29, 1.82) is 0 Å².